The maximum Gasteiger partial charge on any atom is 0.274 e. The maximum absolute atomic E-state index is 12.9. The third-order valence-corrected chi connectivity index (χ3v) is 4.27. The number of nitrogens with zero attached hydrogens (tertiary/aromatic N) is 2. The summed E-state index contributed by atoms with van der Waals surface area (Å²) < 4.78 is 7.00. The van der Waals surface area contributed by atoms with Crippen LogP contribution in [0, 0.1) is 0 Å². The van der Waals surface area contributed by atoms with Crippen LogP contribution in [-0.4, -0.2) is 21.5 Å². The van der Waals surface area contributed by atoms with E-state index in [1.807, 2.05) is 30.3 Å². The summed E-state index contributed by atoms with van der Waals surface area (Å²) in [7, 11) is 0. The number of hydrogen-bond donors (Lipinski definition) is 1. The van der Waals surface area contributed by atoms with Crippen molar-refractivity contribution in [2.75, 3.05) is 5.32 Å². The summed E-state index contributed by atoms with van der Waals surface area (Å²) in [4.78, 5) is 24.3. The predicted molar refractivity (Wildman–Crippen MR) is 106 cm³/mol. The van der Waals surface area contributed by atoms with E-state index in [2.05, 4.69) is 10.4 Å². The van der Waals surface area contributed by atoms with Crippen molar-refractivity contribution in [1.29, 1.82) is 0 Å². The number of rotatable bonds is 5. The molecule has 0 saturated heterocycles. The molecule has 0 aliphatic carbocycles. The maximum atomic E-state index is 12.9. The fourth-order valence-corrected chi connectivity index (χ4v) is 2.84. The lowest BCUT2D eigenvalue weighted by atomic mass is 10.1. The molecular formula is C22H17N3O3. The Morgan fingerprint density at radius 3 is 2.36 bits per heavy atom. The minimum Gasteiger partial charge on any atom is -0.463 e. The van der Waals surface area contributed by atoms with Gasteiger partial charge >= 0.3 is 0 Å². The highest BCUT2D eigenvalue weighted by Crippen LogP contribution is 2.23. The normalized spacial score (nSPS) is 10.6. The minimum absolute atomic E-state index is 0.0249. The lowest BCUT2D eigenvalue weighted by molar-refractivity contribution is 0.101. The van der Waals surface area contributed by atoms with Crippen LogP contribution >= 0.6 is 0 Å². The largest absolute Gasteiger partial charge is 0.463 e. The Hall–Kier alpha value is -3.93. The van der Waals surface area contributed by atoms with E-state index in [0.29, 0.717) is 28.4 Å². The van der Waals surface area contributed by atoms with E-state index in [0.717, 1.165) is 5.69 Å². The molecule has 1 N–H and O–H groups in total. The lowest BCUT2D eigenvalue weighted by Crippen LogP contribution is -2.17. The van der Waals surface area contributed by atoms with Crippen molar-refractivity contribution in [3.63, 3.8) is 0 Å². The zero-order chi connectivity index (χ0) is 19.5. The second kappa shape index (κ2) is 7.36. The SMILES string of the molecule is CC(=O)c1ccc(NC(=O)c2cc(-c3ccco3)nn2-c2ccccc2)cc1. The van der Waals surface area contributed by atoms with Gasteiger partial charge in [-0.2, -0.15) is 5.10 Å². The molecule has 0 fully saturated rings. The van der Waals surface area contributed by atoms with Gasteiger partial charge < -0.3 is 9.73 Å². The van der Waals surface area contributed by atoms with Gasteiger partial charge in [0.2, 0.25) is 0 Å². The second-order valence-electron chi connectivity index (χ2n) is 6.23. The van der Waals surface area contributed by atoms with Gasteiger partial charge in [-0.05, 0) is 55.5 Å². The summed E-state index contributed by atoms with van der Waals surface area (Å²) in [5.41, 5.74) is 2.87. The van der Waals surface area contributed by atoms with E-state index in [1.165, 1.54) is 6.92 Å². The Kier molecular flexibility index (Phi) is 4.60. The van der Waals surface area contributed by atoms with Crippen LogP contribution in [0.4, 0.5) is 5.69 Å². The van der Waals surface area contributed by atoms with Gasteiger partial charge in [0.1, 0.15) is 11.4 Å². The summed E-state index contributed by atoms with van der Waals surface area (Å²) >= 11 is 0. The molecule has 2 heterocycles. The van der Waals surface area contributed by atoms with Crippen molar-refractivity contribution >= 4 is 17.4 Å². The van der Waals surface area contributed by atoms with Crippen LogP contribution in [0.1, 0.15) is 27.8 Å². The fourth-order valence-electron chi connectivity index (χ4n) is 2.84. The van der Waals surface area contributed by atoms with E-state index >= 15 is 0 Å². The summed E-state index contributed by atoms with van der Waals surface area (Å²) in [5.74, 6) is 0.238. The number of ketones is 1. The van der Waals surface area contributed by atoms with Crippen LogP contribution in [0.3, 0.4) is 0 Å². The molecule has 2 aromatic heterocycles. The van der Waals surface area contributed by atoms with Crippen LogP contribution in [0.5, 0.6) is 0 Å². The summed E-state index contributed by atoms with van der Waals surface area (Å²) in [5, 5.41) is 7.39. The number of amides is 1. The van der Waals surface area contributed by atoms with Gasteiger partial charge in [0.05, 0.1) is 12.0 Å². The first-order valence-corrected chi connectivity index (χ1v) is 8.73. The zero-order valence-corrected chi connectivity index (χ0v) is 15.1. The summed E-state index contributed by atoms with van der Waals surface area (Å²) in [6.07, 6.45) is 1.56. The number of benzene rings is 2. The Bertz CT molecular complexity index is 1110. The standard InChI is InChI=1S/C22H17N3O3/c1-15(26)16-9-11-17(12-10-16)23-22(27)20-14-19(21-8-5-13-28-21)24-25(20)18-6-3-2-4-7-18/h2-14H,1H3,(H,23,27). The Morgan fingerprint density at radius 1 is 0.964 bits per heavy atom. The van der Waals surface area contributed by atoms with Crippen molar-refractivity contribution < 1.29 is 14.0 Å². The number of para-hydroxylation sites is 1. The molecule has 0 aliphatic heterocycles. The van der Waals surface area contributed by atoms with Gasteiger partial charge in [0, 0.05) is 17.3 Å². The fraction of sp³-hybridized carbons (Fsp3) is 0.0455. The number of aromatic nitrogens is 2. The first kappa shape index (κ1) is 17.5. The lowest BCUT2D eigenvalue weighted by Gasteiger charge is -2.08. The number of carbonyl (C=O) groups is 2. The monoisotopic (exact) mass is 371 g/mol. The molecule has 0 unspecified atom stereocenters. The van der Waals surface area contributed by atoms with Crippen molar-refractivity contribution in [3.05, 3.63) is 90.3 Å². The summed E-state index contributed by atoms with van der Waals surface area (Å²) in [6, 6.07) is 21.4. The van der Waals surface area contributed by atoms with Crippen LogP contribution in [0.25, 0.3) is 17.1 Å². The molecule has 4 rings (SSSR count). The van der Waals surface area contributed by atoms with Crippen LogP contribution in [-0.2, 0) is 0 Å². The third kappa shape index (κ3) is 3.48. The molecule has 138 valence electrons. The quantitative estimate of drug-likeness (QED) is 0.521. The number of anilines is 1. The minimum atomic E-state index is -0.315. The Balaban J connectivity index is 1.69. The molecule has 2 aromatic carbocycles. The topological polar surface area (TPSA) is 77.1 Å². The number of Topliss-reactive ketones (excluding diaryl/α,β-unsaturated/α-hetero) is 1. The molecule has 0 spiro atoms. The van der Waals surface area contributed by atoms with Crippen molar-refractivity contribution in [1.82, 2.24) is 9.78 Å². The predicted octanol–water partition coefficient (Wildman–Crippen LogP) is 4.59. The molecule has 1 amide bonds. The highest BCUT2D eigenvalue weighted by Gasteiger charge is 2.19. The number of hydrogen-bond acceptors (Lipinski definition) is 4. The van der Waals surface area contributed by atoms with Crippen molar-refractivity contribution in [2.24, 2.45) is 0 Å². The molecular weight excluding hydrogens is 354 g/mol. The molecule has 28 heavy (non-hydrogen) atoms. The van der Waals surface area contributed by atoms with Crippen LogP contribution < -0.4 is 5.32 Å². The van der Waals surface area contributed by atoms with Crippen molar-refractivity contribution in [3.8, 4) is 17.1 Å². The molecule has 0 aliphatic rings. The first-order chi connectivity index (χ1) is 13.6. The molecule has 6 nitrogen and oxygen atoms in total. The Morgan fingerprint density at radius 2 is 1.71 bits per heavy atom. The molecule has 0 radical (unpaired) electrons. The van der Waals surface area contributed by atoms with Gasteiger partial charge in [0.15, 0.2) is 11.5 Å². The Labute approximate surface area is 161 Å². The molecule has 0 bridgehead atoms. The van der Waals surface area contributed by atoms with Gasteiger partial charge in [-0.15, -0.1) is 0 Å². The van der Waals surface area contributed by atoms with Gasteiger partial charge in [-0.3, -0.25) is 9.59 Å². The zero-order valence-electron chi connectivity index (χ0n) is 15.1. The molecule has 4 aromatic rings. The van der Waals surface area contributed by atoms with E-state index < -0.39 is 0 Å². The second-order valence-corrected chi connectivity index (χ2v) is 6.23. The van der Waals surface area contributed by atoms with Gasteiger partial charge in [-0.1, -0.05) is 18.2 Å². The van der Waals surface area contributed by atoms with Crippen LogP contribution in [0.15, 0.2) is 83.5 Å². The van der Waals surface area contributed by atoms with E-state index in [-0.39, 0.29) is 11.7 Å². The highest BCUT2D eigenvalue weighted by atomic mass is 16.3. The average molecular weight is 371 g/mol. The molecule has 6 heteroatoms. The summed E-state index contributed by atoms with van der Waals surface area (Å²) in [6.45, 7) is 1.50. The molecule has 0 saturated carbocycles. The van der Waals surface area contributed by atoms with Gasteiger partial charge in [-0.25, -0.2) is 4.68 Å². The van der Waals surface area contributed by atoms with E-state index in [9.17, 15) is 9.59 Å². The molecule has 0 atom stereocenters. The average Bonchev–Trinajstić information content (AvgIpc) is 3.39. The number of furan rings is 1. The third-order valence-electron chi connectivity index (χ3n) is 4.27. The van der Waals surface area contributed by atoms with E-state index in [4.69, 9.17) is 4.42 Å². The van der Waals surface area contributed by atoms with Crippen LogP contribution in [0.2, 0.25) is 0 Å². The highest BCUT2D eigenvalue weighted by molar-refractivity contribution is 6.04. The van der Waals surface area contributed by atoms with E-state index in [1.54, 1.807) is 53.4 Å². The smallest absolute Gasteiger partial charge is 0.274 e. The number of nitrogens with one attached hydrogen (secondary N) is 1. The van der Waals surface area contributed by atoms with Crippen molar-refractivity contribution in [2.45, 2.75) is 6.92 Å². The van der Waals surface area contributed by atoms with Gasteiger partial charge in [0.25, 0.3) is 5.91 Å². The first-order valence-electron chi connectivity index (χ1n) is 8.73. The number of carbonyl (C=O) groups excluding carboxylic acids is 2.